The molecular formula is C26H22Cl2FNO4. The summed E-state index contributed by atoms with van der Waals surface area (Å²) in [6.45, 7) is 1.49. The second kappa shape index (κ2) is 9.65. The number of carboxylic acid groups (broad SMARTS) is 1. The molecule has 1 aliphatic heterocycles. The van der Waals surface area contributed by atoms with Gasteiger partial charge in [-0.15, -0.1) is 0 Å². The molecule has 3 aromatic carbocycles. The first-order valence-electron chi connectivity index (χ1n) is 10.6. The number of fused-ring (bicyclic) bond motifs is 1. The summed E-state index contributed by atoms with van der Waals surface area (Å²) in [5.74, 6) is -1.22. The molecule has 4 rings (SSSR count). The summed E-state index contributed by atoms with van der Waals surface area (Å²) in [5.41, 5.74) is 1.72. The average Bonchev–Trinajstić information content (AvgIpc) is 3.11. The van der Waals surface area contributed by atoms with E-state index in [2.05, 4.69) is 0 Å². The highest BCUT2D eigenvalue weighted by Gasteiger charge is 2.36. The molecule has 176 valence electrons. The molecule has 0 spiro atoms. The topological polar surface area (TPSA) is 66.8 Å². The molecule has 1 atom stereocenters. The van der Waals surface area contributed by atoms with Gasteiger partial charge in [0.15, 0.2) is 0 Å². The smallest absolute Gasteiger partial charge is 0.323 e. The third-order valence-electron chi connectivity index (χ3n) is 5.72. The summed E-state index contributed by atoms with van der Waals surface area (Å²) in [6, 6.07) is 16.5. The zero-order valence-electron chi connectivity index (χ0n) is 18.4. The van der Waals surface area contributed by atoms with Gasteiger partial charge in [-0.1, -0.05) is 47.5 Å². The van der Waals surface area contributed by atoms with Gasteiger partial charge in [0.05, 0.1) is 10.0 Å². The van der Waals surface area contributed by atoms with E-state index < -0.39 is 24.0 Å². The number of hydrogen-bond donors (Lipinski definition) is 1. The van der Waals surface area contributed by atoms with Crippen LogP contribution in [0.1, 0.15) is 34.0 Å². The van der Waals surface area contributed by atoms with Crippen molar-refractivity contribution in [2.75, 3.05) is 6.54 Å². The second-order valence-electron chi connectivity index (χ2n) is 8.62. The maximum Gasteiger partial charge on any atom is 0.323 e. The Kier molecular flexibility index (Phi) is 6.82. The maximum atomic E-state index is 14.2. The van der Waals surface area contributed by atoms with Crippen molar-refractivity contribution in [1.29, 1.82) is 0 Å². The third-order valence-corrected chi connectivity index (χ3v) is 6.46. The first-order chi connectivity index (χ1) is 16.1. The van der Waals surface area contributed by atoms with Crippen molar-refractivity contribution in [2.45, 2.75) is 31.9 Å². The Morgan fingerprint density at radius 3 is 2.56 bits per heavy atom. The molecule has 8 heteroatoms. The first-order valence-corrected chi connectivity index (χ1v) is 11.4. The van der Waals surface area contributed by atoms with E-state index in [9.17, 15) is 19.1 Å². The lowest BCUT2D eigenvalue weighted by molar-refractivity contribution is -0.137. The number of ether oxygens (including phenoxy) is 1. The highest BCUT2D eigenvalue weighted by atomic mass is 35.5. The molecule has 0 aliphatic carbocycles. The van der Waals surface area contributed by atoms with Gasteiger partial charge in [-0.25, -0.2) is 4.39 Å². The zero-order chi connectivity index (χ0) is 24.5. The Labute approximate surface area is 206 Å². The van der Waals surface area contributed by atoms with E-state index in [0.717, 1.165) is 5.56 Å². The molecule has 0 fully saturated rings. The maximum absolute atomic E-state index is 14.2. The van der Waals surface area contributed by atoms with Gasteiger partial charge >= 0.3 is 5.97 Å². The van der Waals surface area contributed by atoms with Crippen molar-refractivity contribution < 1.29 is 23.8 Å². The fourth-order valence-electron chi connectivity index (χ4n) is 4.20. The Bertz CT molecular complexity index is 1270. The number of carbonyl (C=O) groups is 2. The van der Waals surface area contributed by atoms with Crippen molar-refractivity contribution in [1.82, 2.24) is 4.90 Å². The van der Waals surface area contributed by atoms with Crippen LogP contribution in [0.25, 0.3) is 0 Å². The Balaban J connectivity index is 1.54. The number of amides is 1. The van der Waals surface area contributed by atoms with Crippen LogP contribution in [0.5, 0.6) is 5.75 Å². The lowest BCUT2D eigenvalue weighted by Gasteiger charge is -2.24. The molecule has 1 heterocycles. The second-order valence-corrected chi connectivity index (χ2v) is 9.44. The molecule has 1 aliphatic rings. The van der Waals surface area contributed by atoms with Gasteiger partial charge in [-0.05, 0) is 60.0 Å². The van der Waals surface area contributed by atoms with Crippen LogP contribution in [-0.4, -0.2) is 34.0 Å². The van der Waals surface area contributed by atoms with Crippen LogP contribution in [0.3, 0.4) is 0 Å². The van der Waals surface area contributed by atoms with Crippen LogP contribution >= 0.6 is 23.2 Å². The molecule has 0 saturated carbocycles. The van der Waals surface area contributed by atoms with Crippen LogP contribution < -0.4 is 4.74 Å². The molecule has 0 bridgehead atoms. The number of nitrogens with zero attached hydrogens (tertiary/aromatic N) is 1. The molecular weight excluding hydrogens is 480 g/mol. The lowest BCUT2D eigenvalue weighted by atomic mass is 9.91. The molecule has 1 amide bonds. The van der Waals surface area contributed by atoms with Crippen molar-refractivity contribution in [3.8, 4) is 5.75 Å². The van der Waals surface area contributed by atoms with Crippen molar-refractivity contribution in [2.24, 2.45) is 0 Å². The van der Waals surface area contributed by atoms with E-state index in [-0.39, 0.29) is 12.4 Å². The number of benzene rings is 3. The highest BCUT2D eigenvalue weighted by molar-refractivity contribution is 6.42. The molecule has 5 nitrogen and oxygen atoms in total. The van der Waals surface area contributed by atoms with Gasteiger partial charge in [0.2, 0.25) is 0 Å². The van der Waals surface area contributed by atoms with E-state index in [1.165, 1.54) is 11.0 Å². The van der Waals surface area contributed by atoms with Crippen molar-refractivity contribution in [3.63, 3.8) is 0 Å². The number of aliphatic carboxylic acids is 1. The SMILES string of the molecule is CC1(Cc2ccccc2F)Cc2cc(C(=O)N(CC(=O)O)Cc3ccc(Cl)c(Cl)c3)ccc2O1. The van der Waals surface area contributed by atoms with E-state index >= 15 is 0 Å². The predicted molar refractivity (Wildman–Crippen MR) is 128 cm³/mol. The molecule has 3 aromatic rings. The molecule has 0 aromatic heterocycles. The fourth-order valence-corrected chi connectivity index (χ4v) is 4.52. The van der Waals surface area contributed by atoms with Crippen LogP contribution in [-0.2, 0) is 24.2 Å². The monoisotopic (exact) mass is 501 g/mol. The van der Waals surface area contributed by atoms with Crippen LogP contribution in [0.2, 0.25) is 10.0 Å². The van der Waals surface area contributed by atoms with E-state index in [0.29, 0.717) is 45.3 Å². The highest BCUT2D eigenvalue weighted by Crippen LogP contribution is 2.38. The summed E-state index contributed by atoms with van der Waals surface area (Å²) in [6.07, 6.45) is 0.865. The lowest BCUT2D eigenvalue weighted by Crippen LogP contribution is -2.35. The minimum absolute atomic E-state index is 0.0562. The normalized spacial score (nSPS) is 16.6. The number of carboxylic acids is 1. The van der Waals surface area contributed by atoms with Gasteiger partial charge in [0.25, 0.3) is 5.91 Å². The number of rotatable bonds is 7. The predicted octanol–water partition coefficient (Wildman–Crippen LogP) is 5.80. The molecule has 0 saturated heterocycles. The molecule has 34 heavy (non-hydrogen) atoms. The molecule has 1 unspecified atom stereocenters. The van der Waals surface area contributed by atoms with Gasteiger partial charge in [-0.3, -0.25) is 9.59 Å². The Morgan fingerprint density at radius 2 is 1.85 bits per heavy atom. The summed E-state index contributed by atoms with van der Waals surface area (Å²) >= 11 is 12.0. The number of halogens is 3. The number of hydrogen-bond acceptors (Lipinski definition) is 3. The third kappa shape index (κ3) is 5.34. The van der Waals surface area contributed by atoms with Crippen LogP contribution in [0.15, 0.2) is 60.7 Å². The van der Waals surface area contributed by atoms with Gasteiger partial charge in [-0.2, -0.15) is 0 Å². The van der Waals surface area contributed by atoms with Crippen molar-refractivity contribution in [3.05, 3.63) is 98.8 Å². The van der Waals surface area contributed by atoms with Gasteiger partial charge in [0.1, 0.15) is 23.7 Å². The zero-order valence-corrected chi connectivity index (χ0v) is 19.9. The fraction of sp³-hybridized carbons (Fsp3) is 0.231. The summed E-state index contributed by atoms with van der Waals surface area (Å²) < 4.78 is 20.3. The van der Waals surface area contributed by atoms with Crippen LogP contribution in [0, 0.1) is 5.82 Å². The van der Waals surface area contributed by atoms with Gasteiger partial charge in [0, 0.05) is 24.9 Å². The Hall–Kier alpha value is -3.09. The molecule has 0 radical (unpaired) electrons. The Morgan fingerprint density at radius 1 is 1.09 bits per heavy atom. The standard InChI is InChI=1S/C26H22Cl2FNO4/c1-26(12-18-4-2-3-5-22(18)29)13-19-11-17(7-9-23(19)34-26)25(33)30(15-24(31)32)14-16-6-8-20(27)21(28)10-16/h2-11H,12-15H2,1H3,(H,31,32). The first kappa shape index (κ1) is 24.0. The number of carbonyl (C=O) groups excluding carboxylic acids is 1. The summed E-state index contributed by atoms with van der Waals surface area (Å²) in [7, 11) is 0. The van der Waals surface area contributed by atoms with E-state index in [4.69, 9.17) is 27.9 Å². The van der Waals surface area contributed by atoms with Crippen molar-refractivity contribution >= 4 is 35.1 Å². The molecule has 1 N–H and O–H groups in total. The minimum Gasteiger partial charge on any atom is -0.487 e. The van der Waals surface area contributed by atoms with Crippen LogP contribution in [0.4, 0.5) is 4.39 Å². The minimum atomic E-state index is -1.13. The van der Waals surface area contributed by atoms with Gasteiger partial charge < -0.3 is 14.7 Å². The van der Waals surface area contributed by atoms with E-state index in [1.54, 1.807) is 54.6 Å². The summed E-state index contributed by atoms with van der Waals surface area (Å²) in [5, 5.41) is 10.0. The quantitative estimate of drug-likeness (QED) is 0.444. The average molecular weight is 502 g/mol. The summed E-state index contributed by atoms with van der Waals surface area (Å²) in [4.78, 5) is 25.9. The van der Waals surface area contributed by atoms with E-state index in [1.807, 2.05) is 6.92 Å². The largest absolute Gasteiger partial charge is 0.487 e.